The number of ether oxygens (including phenoxy) is 1. The summed E-state index contributed by atoms with van der Waals surface area (Å²) in [6.07, 6.45) is 0.571. The predicted molar refractivity (Wildman–Crippen MR) is 104 cm³/mol. The maximum absolute atomic E-state index is 13.3. The van der Waals surface area contributed by atoms with E-state index in [1.807, 2.05) is 30.3 Å². The Labute approximate surface area is 162 Å². The number of benzene rings is 2. The lowest BCUT2D eigenvalue weighted by atomic mass is 10.1. The largest absolute Gasteiger partial charge is 0.385 e. The van der Waals surface area contributed by atoms with Gasteiger partial charge in [-0.25, -0.2) is 4.39 Å². The highest BCUT2D eigenvalue weighted by molar-refractivity contribution is 8.03. The van der Waals surface area contributed by atoms with Gasteiger partial charge in [-0.15, -0.1) is 11.8 Å². The SMILES string of the molecule is COCCCN1C(=O)C(SCc2ccccc2)=C(c2ccc(F)cc2)C1=O. The smallest absolute Gasteiger partial charge is 0.267 e. The number of halogens is 1. The third-order valence-electron chi connectivity index (χ3n) is 4.21. The van der Waals surface area contributed by atoms with Crippen molar-refractivity contribution < 1.29 is 18.7 Å². The first-order chi connectivity index (χ1) is 13.1. The molecule has 0 saturated heterocycles. The Morgan fingerprint density at radius 1 is 1.00 bits per heavy atom. The fourth-order valence-electron chi connectivity index (χ4n) is 2.86. The lowest BCUT2D eigenvalue weighted by Gasteiger charge is -2.14. The number of hydrogen-bond donors (Lipinski definition) is 0. The average Bonchev–Trinajstić information content (AvgIpc) is 2.92. The molecule has 0 saturated carbocycles. The van der Waals surface area contributed by atoms with Crippen LogP contribution in [0.2, 0.25) is 0 Å². The van der Waals surface area contributed by atoms with Crippen LogP contribution in [-0.2, 0) is 20.1 Å². The Morgan fingerprint density at radius 3 is 2.37 bits per heavy atom. The molecule has 0 fully saturated rings. The van der Waals surface area contributed by atoms with E-state index in [-0.39, 0.29) is 17.6 Å². The van der Waals surface area contributed by atoms with Crippen LogP contribution in [0.25, 0.3) is 5.57 Å². The molecule has 6 heteroatoms. The standard InChI is InChI=1S/C21H20FNO3S/c1-26-13-5-12-23-20(24)18(16-8-10-17(22)11-9-16)19(21(23)25)27-14-15-6-3-2-4-7-15/h2-4,6-11H,5,12-14H2,1H3. The normalized spacial score (nSPS) is 14.4. The molecule has 1 aliphatic rings. The van der Waals surface area contributed by atoms with E-state index in [9.17, 15) is 14.0 Å². The van der Waals surface area contributed by atoms with E-state index >= 15 is 0 Å². The molecule has 3 rings (SSSR count). The summed E-state index contributed by atoms with van der Waals surface area (Å²) in [6, 6.07) is 15.4. The molecule has 2 aromatic carbocycles. The van der Waals surface area contributed by atoms with E-state index < -0.39 is 0 Å². The van der Waals surface area contributed by atoms with Gasteiger partial charge in [-0.2, -0.15) is 0 Å². The van der Waals surface area contributed by atoms with Crippen LogP contribution in [0.4, 0.5) is 4.39 Å². The van der Waals surface area contributed by atoms with Crippen molar-refractivity contribution in [3.63, 3.8) is 0 Å². The van der Waals surface area contributed by atoms with E-state index in [1.165, 1.54) is 40.9 Å². The van der Waals surface area contributed by atoms with E-state index in [2.05, 4.69) is 0 Å². The summed E-state index contributed by atoms with van der Waals surface area (Å²) in [4.78, 5) is 27.5. The molecule has 0 bridgehead atoms. The molecule has 2 amide bonds. The molecule has 0 aromatic heterocycles. The van der Waals surface area contributed by atoms with Crippen molar-refractivity contribution in [2.45, 2.75) is 12.2 Å². The number of carbonyl (C=O) groups is 2. The molecule has 0 unspecified atom stereocenters. The van der Waals surface area contributed by atoms with Gasteiger partial charge in [-0.3, -0.25) is 14.5 Å². The van der Waals surface area contributed by atoms with Gasteiger partial charge in [0.2, 0.25) is 0 Å². The van der Waals surface area contributed by atoms with Crippen LogP contribution in [0, 0.1) is 5.82 Å². The van der Waals surface area contributed by atoms with Crippen molar-refractivity contribution in [3.8, 4) is 0 Å². The number of methoxy groups -OCH3 is 1. The zero-order valence-electron chi connectivity index (χ0n) is 15.0. The quantitative estimate of drug-likeness (QED) is 0.511. The molecule has 0 aliphatic carbocycles. The van der Waals surface area contributed by atoms with Crippen molar-refractivity contribution in [3.05, 3.63) is 76.4 Å². The molecule has 0 atom stereocenters. The Hall–Kier alpha value is -2.44. The van der Waals surface area contributed by atoms with Gasteiger partial charge in [0.15, 0.2) is 0 Å². The molecular weight excluding hydrogens is 365 g/mol. The summed E-state index contributed by atoms with van der Waals surface area (Å²) in [5.41, 5.74) is 1.96. The zero-order valence-corrected chi connectivity index (χ0v) is 15.8. The number of amides is 2. The van der Waals surface area contributed by atoms with Gasteiger partial charge in [0, 0.05) is 26.0 Å². The first-order valence-corrected chi connectivity index (χ1v) is 9.62. The van der Waals surface area contributed by atoms with Crippen LogP contribution in [0.5, 0.6) is 0 Å². The second-order valence-corrected chi connectivity index (χ2v) is 7.08. The Morgan fingerprint density at radius 2 is 1.70 bits per heavy atom. The highest BCUT2D eigenvalue weighted by Gasteiger charge is 2.38. The second-order valence-electron chi connectivity index (χ2n) is 6.09. The second kappa shape index (κ2) is 8.97. The summed E-state index contributed by atoms with van der Waals surface area (Å²) in [6.45, 7) is 0.765. The molecule has 27 heavy (non-hydrogen) atoms. The third kappa shape index (κ3) is 4.46. The highest BCUT2D eigenvalue weighted by atomic mass is 32.2. The summed E-state index contributed by atoms with van der Waals surface area (Å²) in [7, 11) is 1.58. The lowest BCUT2D eigenvalue weighted by Crippen LogP contribution is -2.33. The monoisotopic (exact) mass is 385 g/mol. The molecule has 0 N–H and O–H groups in total. The van der Waals surface area contributed by atoms with Crippen molar-refractivity contribution >= 4 is 29.1 Å². The number of nitrogens with zero attached hydrogens (tertiary/aromatic N) is 1. The van der Waals surface area contributed by atoms with E-state index in [1.54, 1.807) is 7.11 Å². The zero-order chi connectivity index (χ0) is 19.2. The fourth-order valence-corrected chi connectivity index (χ4v) is 3.95. The Bertz CT molecular complexity index is 849. The van der Waals surface area contributed by atoms with Crippen LogP contribution in [0.15, 0.2) is 59.5 Å². The van der Waals surface area contributed by atoms with Crippen LogP contribution >= 0.6 is 11.8 Å². The Balaban J connectivity index is 1.89. The van der Waals surface area contributed by atoms with Gasteiger partial charge in [0.25, 0.3) is 11.8 Å². The van der Waals surface area contributed by atoms with Gasteiger partial charge < -0.3 is 4.74 Å². The van der Waals surface area contributed by atoms with Crippen LogP contribution in [0.3, 0.4) is 0 Å². The van der Waals surface area contributed by atoms with Gasteiger partial charge >= 0.3 is 0 Å². The number of imide groups is 1. The minimum atomic E-state index is -0.383. The molecule has 1 aliphatic heterocycles. The molecule has 1 heterocycles. The highest BCUT2D eigenvalue weighted by Crippen LogP contribution is 2.37. The summed E-state index contributed by atoms with van der Waals surface area (Å²) < 4.78 is 18.3. The summed E-state index contributed by atoms with van der Waals surface area (Å²) >= 11 is 1.34. The number of hydrogen-bond acceptors (Lipinski definition) is 4. The first kappa shape index (κ1) is 19.3. The third-order valence-corrected chi connectivity index (χ3v) is 5.36. The molecule has 2 aromatic rings. The van der Waals surface area contributed by atoms with Crippen molar-refractivity contribution in [2.75, 3.05) is 20.3 Å². The number of carbonyl (C=O) groups excluding carboxylic acids is 2. The van der Waals surface area contributed by atoms with E-state index in [4.69, 9.17) is 4.74 Å². The van der Waals surface area contributed by atoms with E-state index in [0.717, 1.165) is 5.56 Å². The van der Waals surface area contributed by atoms with Gasteiger partial charge in [0.1, 0.15) is 5.82 Å². The molecule has 4 nitrogen and oxygen atoms in total. The van der Waals surface area contributed by atoms with Crippen molar-refractivity contribution in [1.29, 1.82) is 0 Å². The lowest BCUT2D eigenvalue weighted by molar-refractivity contribution is -0.136. The van der Waals surface area contributed by atoms with Crippen molar-refractivity contribution in [2.24, 2.45) is 0 Å². The fraction of sp³-hybridized carbons (Fsp3) is 0.238. The van der Waals surface area contributed by atoms with Crippen LogP contribution in [0.1, 0.15) is 17.5 Å². The van der Waals surface area contributed by atoms with Gasteiger partial charge in [0.05, 0.1) is 10.5 Å². The molecule has 0 radical (unpaired) electrons. The predicted octanol–water partition coefficient (Wildman–Crippen LogP) is 3.88. The van der Waals surface area contributed by atoms with Crippen LogP contribution < -0.4 is 0 Å². The first-order valence-electron chi connectivity index (χ1n) is 8.64. The number of rotatable bonds is 8. The van der Waals surface area contributed by atoms with Crippen molar-refractivity contribution in [1.82, 2.24) is 4.90 Å². The van der Waals surface area contributed by atoms with Gasteiger partial charge in [-0.05, 0) is 29.7 Å². The van der Waals surface area contributed by atoms with E-state index in [0.29, 0.717) is 41.4 Å². The molecular formula is C21H20FNO3S. The van der Waals surface area contributed by atoms with Crippen LogP contribution in [-0.4, -0.2) is 37.0 Å². The number of thioether (sulfide) groups is 1. The Kier molecular flexibility index (Phi) is 6.42. The minimum absolute atomic E-state index is 0.295. The maximum Gasteiger partial charge on any atom is 0.267 e. The van der Waals surface area contributed by atoms with Gasteiger partial charge in [-0.1, -0.05) is 42.5 Å². The minimum Gasteiger partial charge on any atom is -0.385 e. The summed E-state index contributed by atoms with van der Waals surface area (Å²) in [5.74, 6) is -0.438. The topological polar surface area (TPSA) is 46.6 Å². The average molecular weight is 385 g/mol. The molecule has 0 spiro atoms. The maximum atomic E-state index is 13.3. The summed E-state index contributed by atoms with van der Waals surface area (Å²) in [5, 5.41) is 0. The molecule has 140 valence electrons.